The molecule has 0 radical (unpaired) electrons. The third-order valence-corrected chi connectivity index (χ3v) is 2.56. The van der Waals surface area contributed by atoms with Crippen molar-refractivity contribution >= 4 is 11.9 Å². The molecule has 1 fully saturated rings. The van der Waals surface area contributed by atoms with E-state index in [2.05, 4.69) is 32.1 Å². The molecular formula is C11H19N5O. The summed E-state index contributed by atoms with van der Waals surface area (Å²) in [5.74, 6) is 2.17. The van der Waals surface area contributed by atoms with Crippen LogP contribution in [0.5, 0.6) is 0 Å². The third-order valence-electron chi connectivity index (χ3n) is 2.56. The van der Waals surface area contributed by atoms with Gasteiger partial charge in [0.1, 0.15) is 5.82 Å². The van der Waals surface area contributed by atoms with Crippen LogP contribution in [0.1, 0.15) is 19.2 Å². The van der Waals surface area contributed by atoms with Crippen LogP contribution in [-0.4, -0.2) is 47.8 Å². The lowest BCUT2D eigenvalue weighted by Gasteiger charge is -2.26. The summed E-state index contributed by atoms with van der Waals surface area (Å²) in [6.07, 6.45) is 1.05. The normalized spacial score (nSPS) is 16.0. The fraction of sp³-hybridized carbons (Fsp3) is 0.727. The molecule has 0 atom stereocenters. The Kier molecular flexibility index (Phi) is 4.08. The van der Waals surface area contributed by atoms with Crippen LogP contribution in [0.25, 0.3) is 0 Å². The van der Waals surface area contributed by atoms with Crippen molar-refractivity contribution in [1.29, 1.82) is 0 Å². The molecule has 0 spiro atoms. The lowest BCUT2D eigenvalue weighted by Crippen LogP contribution is -2.37. The highest BCUT2D eigenvalue weighted by Gasteiger charge is 2.15. The van der Waals surface area contributed by atoms with Crippen LogP contribution in [-0.2, 0) is 4.74 Å². The molecule has 1 aliphatic rings. The van der Waals surface area contributed by atoms with Gasteiger partial charge in [-0.25, -0.2) is 0 Å². The van der Waals surface area contributed by atoms with Crippen molar-refractivity contribution in [2.24, 2.45) is 0 Å². The molecule has 1 aliphatic heterocycles. The number of ether oxygens (including phenoxy) is 1. The first-order valence-corrected chi connectivity index (χ1v) is 6.09. The Balaban J connectivity index is 2.12. The van der Waals surface area contributed by atoms with Gasteiger partial charge in [0.25, 0.3) is 0 Å². The molecule has 94 valence electrons. The summed E-state index contributed by atoms with van der Waals surface area (Å²) >= 11 is 0. The molecule has 1 aromatic rings. The van der Waals surface area contributed by atoms with Gasteiger partial charge in [0, 0.05) is 19.6 Å². The number of hydrogen-bond donors (Lipinski definition) is 1. The van der Waals surface area contributed by atoms with E-state index >= 15 is 0 Å². The van der Waals surface area contributed by atoms with Gasteiger partial charge in [-0.2, -0.15) is 15.0 Å². The van der Waals surface area contributed by atoms with Gasteiger partial charge >= 0.3 is 0 Å². The smallest absolute Gasteiger partial charge is 0.230 e. The molecule has 2 rings (SSSR count). The first kappa shape index (κ1) is 12.0. The SMILES string of the molecule is CCCNc1nc(C)nc(N2CCOCC2)n1. The number of nitrogens with zero attached hydrogens (tertiary/aromatic N) is 4. The van der Waals surface area contributed by atoms with Gasteiger partial charge in [-0.1, -0.05) is 6.92 Å². The maximum Gasteiger partial charge on any atom is 0.230 e. The van der Waals surface area contributed by atoms with Gasteiger partial charge in [0.15, 0.2) is 0 Å². The van der Waals surface area contributed by atoms with Crippen molar-refractivity contribution in [2.75, 3.05) is 43.1 Å². The quantitative estimate of drug-likeness (QED) is 0.837. The summed E-state index contributed by atoms with van der Waals surface area (Å²) in [4.78, 5) is 15.2. The summed E-state index contributed by atoms with van der Waals surface area (Å²) in [5.41, 5.74) is 0. The third kappa shape index (κ3) is 3.26. The number of rotatable bonds is 4. The molecule has 0 unspecified atom stereocenters. The van der Waals surface area contributed by atoms with Gasteiger partial charge in [-0.05, 0) is 13.3 Å². The standard InChI is InChI=1S/C11H19N5O/c1-3-4-12-10-13-9(2)14-11(15-10)16-5-7-17-8-6-16/h3-8H2,1-2H3,(H,12,13,14,15). The summed E-state index contributed by atoms with van der Waals surface area (Å²) in [6, 6.07) is 0. The van der Waals surface area contributed by atoms with Crippen molar-refractivity contribution in [3.8, 4) is 0 Å². The fourth-order valence-electron chi connectivity index (χ4n) is 1.69. The van der Waals surface area contributed by atoms with Crippen LogP contribution < -0.4 is 10.2 Å². The zero-order valence-electron chi connectivity index (χ0n) is 10.4. The Morgan fingerprint density at radius 2 is 2.00 bits per heavy atom. The number of nitrogens with one attached hydrogen (secondary N) is 1. The van der Waals surface area contributed by atoms with Crippen molar-refractivity contribution < 1.29 is 4.74 Å². The highest BCUT2D eigenvalue weighted by Crippen LogP contribution is 2.12. The van der Waals surface area contributed by atoms with Crippen molar-refractivity contribution in [2.45, 2.75) is 20.3 Å². The minimum Gasteiger partial charge on any atom is -0.378 e. The van der Waals surface area contributed by atoms with Crippen molar-refractivity contribution in [3.05, 3.63) is 5.82 Å². The molecule has 2 heterocycles. The Hall–Kier alpha value is -1.43. The molecule has 6 heteroatoms. The van der Waals surface area contributed by atoms with E-state index in [0.717, 1.165) is 51.0 Å². The molecule has 0 aliphatic carbocycles. The van der Waals surface area contributed by atoms with Gasteiger partial charge in [0.05, 0.1) is 13.2 Å². The van der Waals surface area contributed by atoms with E-state index in [1.807, 2.05) is 6.92 Å². The topological polar surface area (TPSA) is 63.2 Å². The van der Waals surface area contributed by atoms with Crippen molar-refractivity contribution in [3.63, 3.8) is 0 Å². The molecule has 0 aromatic carbocycles. The average molecular weight is 237 g/mol. The molecular weight excluding hydrogens is 218 g/mol. The Morgan fingerprint density at radius 1 is 1.24 bits per heavy atom. The van der Waals surface area contributed by atoms with E-state index in [-0.39, 0.29) is 0 Å². The highest BCUT2D eigenvalue weighted by atomic mass is 16.5. The maximum atomic E-state index is 5.32. The van der Waals surface area contributed by atoms with E-state index in [1.165, 1.54) is 0 Å². The van der Waals surface area contributed by atoms with Crippen molar-refractivity contribution in [1.82, 2.24) is 15.0 Å². The minimum atomic E-state index is 0.667. The van der Waals surface area contributed by atoms with Crippen LogP contribution in [0.2, 0.25) is 0 Å². The average Bonchev–Trinajstić information content (AvgIpc) is 2.37. The molecule has 0 saturated carbocycles. The van der Waals surface area contributed by atoms with Crippen LogP contribution in [0.4, 0.5) is 11.9 Å². The predicted molar refractivity (Wildman–Crippen MR) is 66.4 cm³/mol. The molecule has 17 heavy (non-hydrogen) atoms. The first-order chi connectivity index (χ1) is 8.29. The van der Waals surface area contributed by atoms with Crippen LogP contribution in [0.3, 0.4) is 0 Å². The summed E-state index contributed by atoms with van der Waals surface area (Å²) in [6.45, 7) is 8.05. The summed E-state index contributed by atoms with van der Waals surface area (Å²) in [7, 11) is 0. The minimum absolute atomic E-state index is 0.667. The fourth-order valence-corrected chi connectivity index (χ4v) is 1.69. The molecule has 1 N–H and O–H groups in total. The second kappa shape index (κ2) is 5.77. The van der Waals surface area contributed by atoms with E-state index in [0.29, 0.717) is 5.95 Å². The molecule has 0 bridgehead atoms. The number of anilines is 2. The van der Waals surface area contributed by atoms with Crippen LogP contribution in [0, 0.1) is 6.92 Å². The predicted octanol–water partition coefficient (Wildman–Crippen LogP) is 0.839. The number of morpholine rings is 1. The van der Waals surface area contributed by atoms with Crippen LogP contribution >= 0.6 is 0 Å². The summed E-state index contributed by atoms with van der Waals surface area (Å²) in [5, 5.41) is 3.19. The highest BCUT2D eigenvalue weighted by molar-refractivity contribution is 5.37. The van der Waals surface area contributed by atoms with E-state index in [4.69, 9.17) is 4.74 Å². The van der Waals surface area contributed by atoms with Crippen LogP contribution in [0.15, 0.2) is 0 Å². The Labute approximate surface area is 101 Å². The largest absolute Gasteiger partial charge is 0.378 e. The van der Waals surface area contributed by atoms with Gasteiger partial charge < -0.3 is 15.0 Å². The van der Waals surface area contributed by atoms with Gasteiger partial charge in [-0.15, -0.1) is 0 Å². The van der Waals surface area contributed by atoms with Gasteiger partial charge in [0.2, 0.25) is 11.9 Å². The molecule has 1 aromatic heterocycles. The van der Waals surface area contributed by atoms with E-state index in [9.17, 15) is 0 Å². The molecule has 0 amide bonds. The monoisotopic (exact) mass is 237 g/mol. The Bertz CT molecular complexity index is 365. The van der Waals surface area contributed by atoms with Gasteiger partial charge in [-0.3, -0.25) is 0 Å². The van der Waals surface area contributed by atoms with E-state index in [1.54, 1.807) is 0 Å². The summed E-state index contributed by atoms with van der Waals surface area (Å²) < 4.78 is 5.32. The van der Waals surface area contributed by atoms with E-state index < -0.39 is 0 Å². The lowest BCUT2D eigenvalue weighted by atomic mass is 10.4. The zero-order valence-corrected chi connectivity index (χ0v) is 10.4. The number of aryl methyl sites for hydroxylation is 1. The molecule has 6 nitrogen and oxygen atoms in total. The first-order valence-electron chi connectivity index (χ1n) is 6.09. The second-order valence-electron chi connectivity index (χ2n) is 4.03. The number of aromatic nitrogens is 3. The Morgan fingerprint density at radius 3 is 2.71 bits per heavy atom. The lowest BCUT2D eigenvalue weighted by molar-refractivity contribution is 0.122. The molecule has 1 saturated heterocycles. The second-order valence-corrected chi connectivity index (χ2v) is 4.03. The number of hydrogen-bond acceptors (Lipinski definition) is 6. The zero-order chi connectivity index (χ0) is 12.1. The maximum absolute atomic E-state index is 5.32.